The van der Waals surface area contributed by atoms with Crippen LogP contribution in [0.2, 0.25) is 0 Å². The van der Waals surface area contributed by atoms with Crippen molar-refractivity contribution in [3.63, 3.8) is 0 Å². The topological polar surface area (TPSA) is 60.9 Å². The zero-order valence-corrected chi connectivity index (χ0v) is 12.6. The van der Waals surface area contributed by atoms with Gasteiger partial charge in [0.05, 0.1) is 12.1 Å². The minimum atomic E-state index is 0.154. The molecule has 0 aliphatic rings. The lowest BCUT2D eigenvalue weighted by Gasteiger charge is -2.23. The number of carbonyl (C=O) groups excluding carboxylic acids is 1. The molecule has 4 nitrogen and oxygen atoms in total. The molecule has 0 radical (unpaired) electrons. The van der Waals surface area contributed by atoms with Crippen molar-refractivity contribution in [3.05, 3.63) is 18.0 Å². The van der Waals surface area contributed by atoms with Gasteiger partial charge in [0.2, 0.25) is 0 Å². The van der Waals surface area contributed by atoms with Crippen molar-refractivity contribution < 1.29 is 4.79 Å². The standard InChI is InChI=1S/C15H27N3O/c1-12(2)18-10-6-13(17-18)11-14(19)5-7-15(3,4)8-9-16/h6,10,12H,5,7-9,11,16H2,1-4H3. The van der Waals surface area contributed by atoms with Crippen molar-refractivity contribution in [3.8, 4) is 0 Å². The SMILES string of the molecule is CC(C)n1ccc(CC(=O)CCC(C)(C)CCN)n1. The first-order valence-electron chi connectivity index (χ1n) is 7.10. The van der Waals surface area contributed by atoms with Gasteiger partial charge in [0.15, 0.2) is 0 Å². The number of hydrogen-bond acceptors (Lipinski definition) is 3. The number of hydrogen-bond donors (Lipinski definition) is 1. The van der Waals surface area contributed by atoms with Crippen LogP contribution in [0, 0.1) is 5.41 Å². The molecule has 0 aromatic carbocycles. The van der Waals surface area contributed by atoms with Crippen molar-refractivity contribution in [2.75, 3.05) is 6.54 Å². The minimum absolute atomic E-state index is 0.154. The second-order valence-corrected chi connectivity index (χ2v) is 6.30. The predicted molar refractivity (Wildman–Crippen MR) is 78.0 cm³/mol. The van der Waals surface area contributed by atoms with Gasteiger partial charge in [0, 0.05) is 18.7 Å². The average molecular weight is 265 g/mol. The molecule has 0 saturated carbocycles. The van der Waals surface area contributed by atoms with Crippen LogP contribution in [0.3, 0.4) is 0 Å². The Morgan fingerprint density at radius 3 is 2.63 bits per heavy atom. The van der Waals surface area contributed by atoms with Crippen LogP contribution in [0.25, 0.3) is 0 Å². The number of aromatic nitrogens is 2. The van der Waals surface area contributed by atoms with Crippen molar-refractivity contribution >= 4 is 5.78 Å². The van der Waals surface area contributed by atoms with Gasteiger partial charge in [-0.05, 0) is 44.7 Å². The Bertz CT molecular complexity index is 407. The van der Waals surface area contributed by atoms with E-state index in [1.165, 1.54) is 0 Å². The molecular formula is C15H27N3O. The fourth-order valence-electron chi connectivity index (χ4n) is 2.04. The van der Waals surface area contributed by atoms with Gasteiger partial charge < -0.3 is 5.73 Å². The van der Waals surface area contributed by atoms with E-state index in [2.05, 4.69) is 32.8 Å². The van der Waals surface area contributed by atoms with Gasteiger partial charge in [0.25, 0.3) is 0 Å². The molecular weight excluding hydrogens is 238 g/mol. The van der Waals surface area contributed by atoms with Crippen LogP contribution in [0.4, 0.5) is 0 Å². The highest BCUT2D eigenvalue weighted by Gasteiger charge is 2.18. The molecule has 0 fully saturated rings. The van der Waals surface area contributed by atoms with Crippen molar-refractivity contribution in [1.82, 2.24) is 9.78 Å². The third-order valence-electron chi connectivity index (χ3n) is 3.47. The van der Waals surface area contributed by atoms with Gasteiger partial charge in [-0.2, -0.15) is 5.10 Å². The van der Waals surface area contributed by atoms with Crippen molar-refractivity contribution in [2.45, 2.75) is 59.4 Å². The zero-order chi connectivity index (χ0) is 14.5. The zero-order valence-electron chi connectivity index (χ0n) is 12.6. The highest BCUT2D eigenvalue weighted by molar-refractivity contribution is 5.80. The highest BCUT2D eigenvalue weighted by Crippen LogP contribution is 2.26. The normalized spacial score (nSPS) is 12.1. The highest BCUT2D eigenvalue weighted by atomic mass is 16.1. The molecule has 0 bridgehead atoms. The van der Waals surface area contributed by atoms with E-state index >= 15 is 0 Å². The van der Waals surface area contributed by atoms with Crippen LogP contribution in [0.1, 0.15) is 58.7 Å². The molecule has 0 spiro atoms. The van der Waals surface area contributed by atoms with Gasteiger partial charge in [0.1, 0.15) is 5.78 Å². The summed E-state index contributed by atoms with van der Waals surface area (Å²) in [5.41, 5.74) is 6.60. The Morgan fingerprint density at radius 2 is 2.11 bits per heavy atom. The lowest BCUT2D eigenvalue weighted by atomic mass is 9.83. The Hall–Kier alpha value is -1.16. The first-order chi connectivity index (χ1) is 8.84. The Labute approximate surface area is 116 Å². The summed E-state index contributed by atoms with van der Waals surface area (Å²) >= 11 is 0. The van der Waals surface area contributed by atoms with Crippen molar-refractivity contribution in [1.29, 1.82) is 0 Å². The maximum atomic E-state index is 12.0. The van der Waals surface area contributed by atoms with E-state index in [0.29, 0.717) is 25.4 Å². The van der Waals surface area contributed by atoms with E-state index in [1.54, 1.807) is 0 Å². The monoisotopic (exact) mass is 265 g/mol. The van der Waals surface area contributed by atoms with Gasteiger partial charge in [-0.15, -0.1) is 0 Å². The van der Waals surface area contributed by atoms with Crippen LogP contribution < -0.4 is 5.73 Å². The first kappa shape index (κ1) is 15.9. The maximum absolute atomic E-state index is 12.0. The molecule has 19 heavy (non-hydrogen) atoms. The molecule has 108 valence electrons. The van der Waals surface area contributed by atoms with Crippen LogP contribution in [-0.2, 0) is 11.2 Å². The molecule has 0 saturated heterocycles. The van der Waals surface area contributed by atoms with E-state index in [4.69, 9.17) is 5.73 Å². The summed E-state index contributed by atoms with van der Waals surface area (Å²) in [6.07, 6.45) is 4.85. The van der Waals surface area contributed by atoms with Gasteiger partial charge in [-0.25, -0.2) is 0 Å². The van der Waals surface area contributed by atoms with E-state index < -0.39 is 0 Å². The Balaban J connectivity index is 2.42. The summed E-state index contributed by atoms with van der Waals surface area (Å²) < 4.78 is 1.89. The maximum Gasteiger partial charge on any atom is 0.138 e. The van der Waals surface area contributed by atoms with Crippen LogP contribution >= 0.6 is 0 Å². The van der Waals surface area contributed by atoms with Crippen molar-refractivity contribution in [2.24, 2.45) is 11.1 Å². The van der Waals surface area contributed by atoms with E-state index in [-0.39, 0.29) is 11.2 Å². The lowest BCUT2D eigenvalue weighted by molar-refractivity contribution is -0.119. The molecule has 1 aromatic heterocycles. The van der Waals surface area contributed by atoms with E-state index in [9.17, 15) is 4.79 Å². The largest absolute Gasteiger partial charge is 0.330 e. The predicted octanol–water partition coefficient (Wildman–Crippen LogP) is 2.73. The van der Waals surface area contributed by atoms with E-state index in [0.717, 1.165) is 18.5 Å². The molecule has 1 heterocycles. The molecule has 1 rings (SSSR count). The molecule has 0 unspecified atom stereocenters. The summed E-state index contributed by atoms with van der Waals surface area (Å²) in [4.78, 5) is 12.0. The number of ketones is 1. The summed E-state index contributed by atoms with van der Waals surface area (Å²) in [7, 11) is 0. The average Bonchev–Trinajstić information content (AvgIpc) is 2.75. The summed E-state index contributed by atoms with van der Waals surface area (Å²) in [5, 5.41) is 4.41. The number of nitrogens with zero attached hydrogens (tertiary/aromatic N) is 2. The fraction of sp³-hybridized carbons (Fsp3) is 0.733. The molecule has 1 aromatic rings. The van der Waals surface area contributed by atoms with Crippen LogP contribution in [0.5, 0.6) is 0 Å². The smallest absolute Gasteiger partial charge is 0.138 e. The summed E-state index contributed by atoms with van der Waals surface area (Å²) in [6.45, 7) is 9.17. The third kappa shape index (κ3) is 5.55. The van der Waals surface area contributed by atoms with Gasteiger partial charge in [-0.1, -0.05) is 13.8 Å². The number of nitrogens with two attached hydrogens (primary N) is 1. The summed E-state index contributed by atoms with van der Waals surface area (Å²) in [6, 6.07) is 2.27. The summed E-state index contributed by atoms with van der Waals surface area (Å²) in [5.74, 6) is 0.263. The van der Waals surface area contributed by atoms with Gasteiger partial charge >= 0.3 is 0 Å². The fourth-order valence-corrected chi connectivity index (χ4v) is 2.04. The minimum Gasteiger partial charge on any atom is -0.330 e. The first-order valence-corrected chi connectivity index (χ1v) is 7.10. The third-order valence-corrected chi connectivity index (χ3v) is 3.47. The van der Waals surface area contributed by atoms with E-state index in [1.807, 2.05) is 16.9 Å². The second kappa shape index (κ2) is 6.85. The lowest BCUT2D eigenvalue weighted by Crippen LogP contribution is -2.19. The van der Waals surface area contributed by atoms with Crippen LogP contribution in [0.15, 0.2) is 12.3 Å². The van der Waals surface area contributed by atoms with Crippen LogP contribution in [-0.4, -0.2) is 22.1 Å². The molecule has 0 aliphatic heterocycles. The second-order valence-electron chi connectivity index (χ2n) is 6.30. The van der Waals surface area contributed by atoms with Gasteiger partial charge in [-0.3, -0.25) is 9.48 Å². The number of rotatable bonds is 8. The number of carbonyl (C=O) groups is 1. The molecule has 0 atom stereocenters. The molecule has 0 aliphatic carbocycles. The quantitative estimate of drug-likeness (QED) is 0.786. The Morgan fingerprint density at radius 1 is 1.42 bits per heavy atom. The molecule has 4 heteroatoms. The molecule has 2 N–H and O–H groups in total. The molecule has 0 amide bonds. The number of Topliss-reactive ketones (excluding diaryl/α,β-unsaturated/α-hetero) is 1. The Kier molecular flexibility index (Phi) is 5.73.